The van der Waals surface area contributed by atoms with Gasteiger partial charge in [0.15, 0.2) is 0 Å². The van der Waals surface area contributed by atoms with Crippen LogP contribution >= 0.6 is 35.3 Å². The van der Waals surface area contributed by atoms with Crippen LogP contribution in [-0.2, 0) is 6.42 Å². The molecule has 0 bridgehead atoms. The Morgan fingerprint density at radius 1 is 1.33 bits per heavy atom. The number of benzene rings is 1. The maximum atomic E-state index is 5.97. The molecule has 0 fully saturated rings. The Hall–Kier alpha value is -1.04. The molecule has 0 aliphatic carbocycles. The van der Waals surface area contributed by atoms with Crippen LogP contribution in [0.5, 0.6) is 0 Å². The fraction of sp³-hybridized carbons (Fsp3) is 0.312. The molecule has 1 aromatic heterocycles. The molecule has 112 valence electrons. The van der Waals surface area contributed by atoms with Gasteiger partial charge in [-0.2, -0.15) is 0 Å². The van der Waals surface area contributed by atoms with Gasteiger partial charge in [-0.15, -0.1) is 23.1 Å². The standard InChI is InChI=1S/C16H20N2S3/c1-3-20-14-8-4-7-13(15(14)16(17)19)18(2)10-9-12-6-5-11-21-12/h4-8,11H,3,9-10H2,1-2H3,(H2,17,19). The number of nitrogens with zero attached hydrogens (tertiary/aromatic N) is 1. The van der Waals surface area contributed by atoms with E-state index in [1.54, 1.807) is 23.1 Å². The summed E-state index contributed by atoms with van der Waals surface area (Å²) in [6.45, 7) is 3.09. The summed E-state index contributed by atoms with van der Waals surface area (Å²) in [4.78, 5) is 5.29. The molecule has 21 heavy (non-hydrogen) atoms. The summed E-state index contributed by atoms with van der Waals surface area (Å²) in [6.07, 6.45) is 1.04. The number of thioether (sulfide) groups is 1. The van der Waals surface area contributed by atoms with Crippen LogP contribution in [0.1, 0.15) is 17.4 Å². The molecule has 0 spiro atoms. The molecule has 2 rings (SSSR count). The first-order valence-electron chi connectivity index (χ1n) is 6.92. The van der Waals surface area contributed by atoms with E-state index in [0.29, 0.717) is 4.99 Å². The van der Waals surface area contributed by atoms with Crippen molar-refractivity contribution in [2.75, 3.05) is 24.2 Å². The number of thiocarbonyl (C=S) groups is 1. The zero-order chi connectivity index (χ0) is 15.2. The first-order chi connectivity index (χ1) is 10.1. The van der Waals surface area contributed by atoms with Crippen molar-refractivity contribution in [3.8, 4) is 0 Å². The van der Waals surface area contributed by atoms with Gasteiger partial charge in [0, 0.05) is 34.6 Å². The van der Waals surface area contributed by atoms with Crippen LogP contribution in [0, 0.1) is 0 Å². The summed E-state index contributed by atoms with van der Waals surface area (Å²) in [5.74, 6) is 1.01. The molecular weight excluding hydrogens is 316 g/mol. The Balaban J connectivity index is 2.20. The maximum absolute atomic E-state index is 5.97. The zero-order valence-electron chi connectivity index (χ0n) is 12.3. The Kier molecular flexibility index (Phi) is 6.08. The summed E-state index contributed by atoms with van der Waals surface area (Å²) in [5, 5.41) is 2.12. The van der Waals surface area contributed by atoms with E-state index in [0.717, 1.165) is 30.0 Å². The minimum atomic E-state index is 0.476. The Morgan fingerprint density at radius 3 is 2.76 bits per heavy atom. The molecule has 0 unspecified atom stereocenters. The normalized spacial score (nSPS) is 10.6. The molecule has 0 radical (unpaired) electrons. The zero-order valence-corrected chi connectivity index (χ0v) is 14.8. The molecule has 1 heterocycles. The second kappa shape index (κ2) is 7.82. The predicted molar refractivity (Wildman–Crippen MR) is 100 cm³/mol. The largest absolute Gasteiger partial charge is 0.389 e. The van der Waals surface area contributed by atoms with Crippen molar-refractivity contribution in [1.82, 2.24) is 0 Å². The minimum Gasteiger partial charge on any atom is -0.389 e. The average Bonchev–Trinajstić information content (AvgIpc) is 2.98. The van der Waals surface area contributed by atoms with Crippen LogP contribution in [0.2, 0.25) is 0 Å². The van der Waals surface area contributed by atoms with Crippen LogP contribution in [0.15, 0.2) is 40.6 Å². The highest BCUT2D eigenvalue weighted by molar-refractivity contribution is 7.99. The molecule has 2 aromatic rings. The number of hydrogen-bond acceptors (Lipinski definition) is 4. The molecule has 2 N–H and O–H groups in total. The monoisotopic (exact) mass is 336 g/mol. The molecule has 0 aliphatic heterocycles. The maximum Gasteiger partial charge on any atom is 0.107 e. The fourth-order valence-corrected chi connectivity index (χ4v) is 4.04. The summed E-state index contributed by atoms with van der Waals surface area (Å²) < 4.78 is 0. The Labute approximate surface area is 140 Å². The van der Waals surface area contributed by atoms with Gasteiger partial charge in [-0.25, -0.2) is 0 Å². The first-order valence-corrected chi connectivity index (χ1v) is 9.20. The first kappa shape index (κ1) is 16.3. The highest BCUT2D eigenvalue weighted by Crippen LogP contribution is 2.30. The third-order valence-corrected chi connectivity index (χ3v) is 5.32. The van der Waals surface area contributed by atoms with E-state index in [2.05, 4.69) is 54.6 Å². The molecule has 5 heteroatoms. The van der Waals surface area contributed by atoms with Crippen molar-refractivity contribution < 1.29 is 0 Å². The SMILES string of the molecule is CCSc1cccc(N(C)CCc2cccs2)c1C(N)=S. The second-order valence-electron chi connectivity index (χ2n) is 4.70. The smallest absolute Gasteiger partial charge is 0.107 e. The van der Waals surface area contributed by atoms with Gasteiger partial charge < -0.3 is 10.6 Å². The van der Waals surface area contributed by atoms with Gasteiger partial charge in [0.1, 0.15) is 4.99 Å². The Bertz CT molecular complexity index is 594. The van der Waals surface area contributed by atoms with E-state index in [9.17, 15) is 0 Å². The van der Waals surface area contributed by atoms with Gasteiger partial charge in [-0.1, -0.05) is 31.3 Å². The van der Waals surface area contributed by atoms with Gasteiger partial charge in [0.05, 0.1) is 0 Å². The van der Waals surface area contributed by atoms with Crippen LogP contribution in [-0.4, -0.2) is 24.3 Å². The van der Waals surface area contributed by atoms with Crippen molar-refractivity contribution in [3.05, 3.63) is 46.2 Å². The molecule has 1 aromatic carbocycles. The van der Waals surface area contributed by atoms with Gasteiger partial charge >= 0.3 is 0 Å². The Morgan fingerprint density at radius 2 is 2.14 bits per heavy atom. The van der Waals surface area contributed by atoms with Crippen molar-refractivity contribution in [3.63, 3.8) is 0 Å². The molecule has 2 nitrogen and oxygen atoms in total. The summed E-state index contributed by atoms with van der Waals surface area (Å²) in [6, 6.07) is 10.5. The molecule has 0 amide bonds. The van der Waals surface area contributed by atoms with E-state index in [1.165, 1.54) is 9.77 Å². The molecular formula is C16H20N2S3. The van der Waals surface area contributed by atoms with E-state index in [-0.39, 0.29) is 0 Å². The lowest BCUT2D eigenvalue weighted by Crippen LogP contribution is -2.24. The lowest BCUT2D eigenvalue weighted by Gasteiger charge is -2.23. The van der Waals surface area contributed by atoms with Crippen LogP contribution in [0.25, 0.3) is 0 Å². The quantitative estimate of drug-likeness (QED) is 0.607. The average molecular weight is 337 g/mol. The number of hydrogen-bond donors (Lipinski definition) is 1. The van der Waals surface area contributed by atoms with Gasteiger partial charge in [0.2, 0.25) is 0 Å². The topological polar surface area (TPSA) is 29.3 Å². The lowest BCUT2D eigenvalue weighted by atomic mass is 10.1. The van der Waals surface area contributed by atoms with Crippen LogP contribution in [0.4, 0.5) is 5.69 Å². The third kappa shape index (κ3) is 4.22. The predicted octanol–water partition coefficient (Wildman–Crippen LogP) is 4.17. The minimum absolute atomic E-state index is 0.476. The highest BCUT2D eigenvalue weighted by atomic mass is 32.2. The van der Waals surface area contributed by atoms with Gasteiger partial charge in [-0.05, 0) is 35.8 Å². The fourth-order valence-electron chi connectivity index (χ4n) is 2.21. The lowest BCUT2D eigenvalue weighted by molar-refractivity contribution is 0.884. The van der Waals surface area contributed by atoms with E-state index in [1.807, 2.05) is 0 Å². The molecule has 0 saturated carbocycles. The molecule has 0 atom stereocenters. The summed E-state index contributed by atoms with van der Waals surface area (Å²) in [7, 11) is 2.10. The van der Waals surface area contributed by atoms with E-state index in [4.69, 9.17) is 18.0 Å². The van der Waals surface area contributed by atoms with Gasteiger partial charge in [-0.3, -0.25) is 0 Å². The van der Waals surface area contributed by atoms with E-state index >= 15 is 0 Å². The van der Waals surface area contributed by atoms with Crippen molar-refractivity contribution in [1.29, 1.82) is 0 Å². The highest BCUT2D eigenvalue weighted by Gasteiger charge is 2.14. The van der Waals surface area contributed by atoms with Crippen LogP contribution < -0.4 is 10.6 Å². The van der Waals surface area contributed by atoms with Gasteiger partial charge in [0.25, 0.3) is 0 Å². The van der Waals surface area contributed by atoms with Crippen LogP contribution in [0.3, 0.4) is 0 Å². The second-order valence-corrected chi connectivity index (χ2v) is 7.48. The number of likely N-dealkylation sites (N-methyl/N-ethyl adjacent to an activating group) is 1. The van der Waals surface area contributed by atoms with Crippen molar-refractivity contribution in [2.45, 2.75) is 18.2 Å². The summed E-state index contributed by atoms with van der Waals surface area (Å²) >= 11 is 8.86. The van der Waals surface area contributed by atoms with Crippen molar-refractivity contribution in [2.24, 2.45) is 5.73 Å². The third-order valence-electron chi connectivity index (χ3n) is 3.24. The number of anilines is 1. The number of thiophene rings is 1. The molecule has 0 saturated heterocycles. The molecule has 0 aliphatic rings. The van der Waals surface area contributed by atoms with E-state index < -0.39 is 0 Å². The van der Waals surface area contributed by atoms with Crippen molar-refractivity contribution >= 4 is 46.0 Å². The summed E-state index contributed by atoms with van der Waals surface area (Å²) in [5.41, 5.74) is 8.10. The number of nitrogens with two attached hydrogens (primary N) is 1. The number of rotatable bonds is 7.